The first-order valence-corrected chi connectivity index (χ1v) is 6.80. The van der Waals surface area contributed by atoms with Crippen LogP contribution in [-0.2, 0) is 5.41 Å². The highest BCUT2D eigenvalue weighted by Gasteiger charge is 2.22. The van der Waals surface area contributed by atoms with E-state index in [0.717, 1.165) is 6.07 Å². The van der Waals surface area contributed by atoms with Crippen LogP contribution >= 0.6 is 11.3 Å². The summed E-state index contributed by atoms with van der Waals surface area (Å²) in [6.45, 7) is 4.68. The van der Waals surface area contributed by atoms with Gasteiger partial charge in [0.1, 0.15) is 5.82 Å². The van der Waals surface area contributed by atoms with Crippen molar-refractivity contribution in [1.29, 1.82) is 0 Å². The average molecular weight is 282 g/mol. The highest BCUT2D eigenvalue weighted by Crippen LogP contribution is 2.29. The number of halogens is 2. The third-order valence-electron chi connectivity index (χ3n) is 3.00. The number of hydrogen-bond donors (Lipinski definition) is 2. The van der Waals surface area contributed by atoms with Crippen molar-refractivity contribution < 1.29 is 8.78 Å². The maximum absolute atomic E-state index is 13.3. The van der Waals surface area contributed by atoms with Gasteiger partial charge in [-0.1, -0.05) is 19.9 Å². The Labute approximate surface area is 115 Å². The van der Waals surface area contributed by atoms with Crippen molar-refractivity contribution in [2.75, 3.05) is 17.6 Å². The maximum atomic E-state index is 13.3. The Morgan fingerprint density at radius 2 is 2.05 bits per heavy atom. The van der Waals surface area contributed by atoms with E-state index in [1.165, 1.54) is 10.9 Å². The minimum Gasteiger partial charge on any atom is -0.395 e. The van der Waals surface area contributed by atoms with Crippen LogP contribution in [-0.4, -0.2) is 6.54 Å². The predicted molar refractivity (Wildman–Crippen MR) is 76.6 cm³/mol. The van der Waals surface area contributed by atoms with E-state index in [0.29, 0.717) is 12.2 Å². The fourth-order valence-corrected chi connectivity index (χ4v) is 2.65. The van der Waals surface area contributed by atoms with E-state index in [1.54, 1.807) is 11.3 Å². The van der Waals surface area contributed by atoms with Gasteiger partial charge in [0.2, 0.25) is 0 Å². The van der Waals surface area contributed by atoms with Crippen molar-refractivity contribution in [3.63, 3.8) is 0 Å². The van der Waals surface area contributed by atoms with Gasteiger partial charge in [-0.15, -0.1) is 11.3 Å². The fourth-order valence-electron chi connectivity index (χ4n) is 1.80. The van der Waals surface area contributed by atoms with E-state index >= 15 is 0 Å². The zero-order valence-electron chi connectivity index (χ0n) is 10.8. The molecular weight excluding hydrogens is 266 g/mol. The molecule has 0 atom stereocenters. The van der Waals surface area contributed by atoms with Gasteiger partial charge in [0, 0.05) is 22.9 Å². The lowest BCUT2D eigenvalue weighted by Crippen LogP contribution is -2.27. The molecule has 0 saturated heterocycles. The second-order valence-electron chi connectivity index (χ2n) is 5.06. The molecule has 0 saturated carbocycles. The molecule has 0 aliphatic rings. The molecule has 2 rings (SSSR count). The van der Waals surface area contributed by atoms with Crippen LogP contribution in [0.4, 0.5) is 20.2 Å². The third-order valence-corrected chi connectivity index (χ3v) is 4.24. The monoisotopic (exact) mass is 282 g/mol. The first-order chi connectivity index (χ1) is 8.90. The molecule has 0 fully saturated rings. The number of nitrogens with two attached hydrogens (primary N) is 1. The summed E-state index contributed by atoms with van der Waals surface area (Å²) in [6, 6.07) is 6.02. The molecule has 0 radical (unpaired) electrons. The topological polar surface area (TPSA) is 38.0 Å². The van der Waals surface area contributed by atoms with Gasteiger partial charge in [0.15, 0.2) is 5.82 Å². The molecule has 0 spiro atoms. The quantitative estimate of drug-likeness (QED) is 0.832. The highest BCUT2D eigenvalue weighted by atomic mass is 32.1. The highest BCUT2D eigenvalue weighted by molar-refractivity contribution is 7.10. The number of nitrogens with one attached hydrogen (secondary N) is 1. The zero-order valence-corrected chi connectivity index (χ0v) is 11.7. The van der Waals surface area contributed by atoms with Crippen molar-refractivity contribution in [3.8, 4) is 0 Å². The van der Waals surface area contributed by atoms with Gasteiger partial charge >= 0.3 is 0 Å². The SMILES string of the molecule is CC(C)(CNc1cc(F)cc(F)c1N)c1cccs1. The molecule has 2 aromatic rings. The summed E-state index contributed by atoms with van der Waals surface area (Å²) in [5.41, 5.74) is 5.70. The van der Waals surface area contributed by atoms with Gasteiger partial charge in [0.25, 0.3) is 0 Å². The van der Waals surface area contributed by atoms with Crippen molar-refractivity contribution in [3.05, 3.63) is 46.2 Å². The summed E-state index contributed by atoms with van der Waals surface area (Å²) in [5.74, 6) is -1.38. The second kappa shape index (κ2) is 5.17. The number of benzene rings is 1. The van der Waals surface area contributed by atoms with Crippen molar-refractivity contribution in [2.24, 2.45) is 0 Å². The van der Waals surface area contributed by atoms with Crippen LogP contribution in [0.3, 0.4) is 0 Å². The molecule has 3 N–H and O–H groups in total. The average Bonchev–Trinajstić information content (AvgIpc) is 2.86. The van der Waals surface area contributed by atoms with E-state index in [9.17, 15) is 8.78 Å². The maximum Gasteiger partial charge on any atom is 0.151 e. The molecule has 0 bridgehead atoms. The van der Waals surface area contributed by atoms with Crippen LogP contribution in [0.2, 0.25) is 0 Å². The summed E-state index contributed by atoms with van der Waals surface area (Å²) in [7, 11) is 0. The Kier molecular flexibility index (Phi) is 3.75. The minimum absolute atomic E-state index is 0.0524. The summed E-state index contributed by atoms with van der Waals surface area (Å²) in [6.07, 6.45) is 0. The van der Waals surface area contributed by atoms with Gasteiger partial charge in [-0.3, -0.25) is 0 Å². The van der Waals surface area contributed by atoms with Crippen LogP contribution < -0.4 is 11.1 Å². The Morgan fingerprint density at radius 3 is 2.68 bits per heavy atom. The van der Waals surface area contributed by atoms with E-state index in [1.807, 2.05) is 17.5 Å². The van der Waals surface area contributed by atoms with Crippen LogP contribution in [0.15, 0.2) is 29.6 Å². The van der Waals surface area contributed by atoms with Crippen LogP contribution in [0.25, 0.3) is 0 Å². The lowest BCUT2D eigenvalue weighted by molar-refractivity contribution is 0.565. The first-order valence-electron chi connectivity index (χ1n) is 5.92. The molecular formula is C14H16F2N2S. The normalized spacial score (nSPS) is 11.6. The van der Waals surface area contributed by atoms with Gasteiger partial charge in [-0.05, 0) is 17.5 Å². The molecule has 0 unspecified atom stereocenters. The fraction of sp³-hybridized carbons (Fsp3) is 0.286. The lowest BCUT2D eigenvalue weighted by Gasteiger charge is -2.24. The van der Waals surface area contributed by atoms with E-state index < -0.39 is 11.6 Å². The van der Waals surface area contributed by atoms with E-state index in [2.05, 4.69) is 19.2 Å². The Hall–Kier alpha value is -1.62. The Balaban J connectivity index is 2.15. The number of anilines is 2. The van der Waals surface area contributed by atoms with Crippen LogP contribution in [0, 0.1) is 11.6 Å². The second-order valence-corrected chi connectivity index (χ2v) is 6.01. The summed E-state index contributed by atoms with van der Waals surface area (Å²) in [5, 5.41) is 5.03. The van der Waals surface area contributed by atoms with E-state index in [-0.39, 0.29) is 11.1 Å². The number of nitrogen functional groups attached to an aromatic ring is 1. The van der Waals surface area contributed by atoms with E-state index in [4.69, 9.17) is 5.73 Å². The number of thiophene rings is 1. The summed E-state index contributed by atoms with van der Waals surface area (Å²) in [4.78, 5) is 1.20. The minimum atomic E-state index is -0.739. The molecule has 1 heterocycles. The Morgan fingerprint density at radius 1 is 1.32 bits per heavy atom. The molecule has 19 heavy (non-hydrogen) atoms. The molecule has 102 valence electrons. The third kappa shape index (κ3) is 3.04. The van der Waals surface area contributed by atoms with Crippen molar-refractivity contribution >= 4 is 22.7 Å². The zero-order chi connectivity index (χ0) is 14.0. The van der Waals surface area contributed by atoms with Gasteiger partial charge in [-0.25, -0.2) is 8.78 Å². The van der Waals surface area contributed by atoms with Gasteiger partial charge < -0.3 is 11.1 Å². The molecule has 0 aliphatic heterocycles. The molecule has 2 nitrogen and oxygen atoms in total. The molecule has 5 heteroatoms. The summed E-state index contributed by atoms with van der Waals surface area (Å²) >= 11 is 1.66. The largest absolute Gasteiger partial charge is 0.395 e. The van der Waals surface area contributed by atoms with Gasteiger partial charge in [0.05, 0.1) is 11.4 Å². The smallest absolute Gasteiger partial charge is 0.151 e. The summed E-state index contributed by atoms with van der Waals surface area (Å²) < 4.78 is 26.5. The van der Waals surface area contributed by atoms with Gasteiger partial charge in [-0.2, -0.15) is 0 Å². The van der Waals surface area contributed by atoms with Crippen molar-refractivity contribution in [2.45, 2.75) is 19.3 Å². The molecule has 0 aliphatic carbocycles. The predicted octanol–water partition coefficient (Wildman–Crippen LogP) is 4.00. The number of hydrogen-bond acceptors (Lipinski definition) is 3. The van der Waals surface area contributed by atoms with Crippen molar-refractivity contribution in [1.82, 2.24) is 0 Å². The molecule has 1 aromatic heterocycles. The number of rotatable bonds is 4. The molecule has 1 aromatic carbocycles. The Bertz CT molecular complexity index is 565. The van der Waals surface area contributed by atoms with Crippen LogP contribution in [0.5, 0.6) is 0 Å². The van der Waals surface area contributed by atoms with Crippen LogP contribution in [0.1, 0.15) is 18.7 Å². The standard InChI is InChI=1S/C14H16F2N2S/c1-14(2,12-4-3-5-19-12)8-18-11-7-9(15)6-10(16)13(11)17/h3-7,18H,8,17H2,1-2H3. The lowest BCUT2D eigenvalue weighted by atomic mass is 9.91. The first kappa shape index (κ1) is 13.8. The molecule has 0 amide bonds.